The van der Waals surface area contributed by atoms with Crippen LogP contribution in [0, 0.1) is 11.8 Å². The molecule has 0 aromatic heterocycles. The molecule has 1 fully saturated rings. The quantitative estimate of drug-likeness (QED) is 0.248. The van der Waals surface area contributed by atoms with Crippen molar-refractivity contribution >= 4 is 11.8 Å². The average Bonchev–Trinajstić information content (AvgIpc) is 3.04. The number of halogens is 3. The first kappa shape index (κ1) is 28.6. The summed E-state index contributed by atoms with van der Waals surface area (Å²) < 4.78 is 48.7. The van der Waals surface area contributed by atoms with Gasteiger partial charge in [-0.05, 0) is 51.3 Å². The number of ether oxygens (including phenoxy) is 2. The smallest absolute Gasteiger partial charge is 0.416 e. The average molecular weight is 499 g/mol. The monoisotopic (exact) mass is 498 g/mol. The molecule has 2 N–H and O–H groups in total. The summed E-state index contributed by atoms with van der Waals surface area (Å²) >= 11 is 0. The lowest BCUT2D eigenvalue weighted by Crippen LogP contribution is -2.20. The van der Waals surface area contributed by atoms with Crippen LogP contribution in [0.15, 0.2) is 48.6 Å². The number of hydrogen-bond acceptors (Lipinski definition) is 6. The molecule has 0 bridgehead atoms. The molecular formula is C26H33F3O6. The number of carbonyl (C=O) groups excluding carboxylic acids is 2. The molecule has 1 aliphatic carbocycles. The topological polar surface area (TPSA) is 93.1 Å². The number of allylic oxidation sites excluding steroid dienone is 3. The fourth-order valence-corrected chi connectivity index (χ4v) is 3.83. The van der Waals surface area contributed by atoms with Gasteiger partial charge in [-0.15, -0.1) is 0 Å². The zero-order valence-corrected chi connectivity index (χ0v) is 19.9. The molecule has 0 spiro atoms. The van der Waals surface area contributed by atoms with Crippen LogP contribution in [0.25, 0.3) is 0 Å². The van der Waals surface area contributed by atoms with Crippen molar-refractivity contribution in [1.29, 1.82) is 0 Å². The molecule has 0 radical (unpaired) electrons. The molecule has 1 aromatic rings. The summed E-state index contributed by atoms with van der Waals surface area (Å²) in [6.07, 6.45) is 2.17. The van der Waals surface area contributed by atoms with Gasteiger partial charge in [-0.1, -0.05) is 30.4 Å². The van der Waals surface area contributed by atoms with Gasteiger partial charge in [0, 0.05) is 24.7 Å². The van der Waals surface area contributed by atoms with Crippen LogP contribution < -0.4 is 4.74 Å². The molecule has 194 valence electrons. The minimum Gasteiger partial charge on any atom is -0.491 e. The third-order valence-electron chi connectivity index (χ3n) is 5.55. The van der Waals surface area contributed by atoms with Crippen molar-refractivity contribution in [3.63, 3.8) is 0 Å². The Morgan fingerprint density at radius 3 is 2.69 bits per heavy atom. The minimum absolute atomic E-state index is 0.0192. The van der Waals surface area contributed by atoms with Crippen molar-refractivity contribution in [1.82, 2.24) is 0 Å². The Hall–Kier alpha value is -2.65. The predicted molar refractivity (Wildman–Crippen MR) is 124 cm³/mol. The van der Waals surface area contributed by atoms with Crippen molar-refractivity contribution in [2.45, 2.75) is 70.4 Å². The molecular weight excluding hydrogens is 465 g/mol. The fraction of sp³-hybridized carbons (Fsp3) is 0.538. The molecule has 0 saturated heterocycles. The zero-order valence-electron chi connectivity index (χ0n) is 19.9. The lowest BCUT2D eigenvalue weighted by atomic mass is 9.90. The third-order valence-corrected chi connectivity index (χ3v) is 5.55. The van der Waals surface area contributed by atoms with E-state index in [-0.39, 0.29) is 42.6 Å². The van der Waals surface area contributed by atoms with Gasteiger partial charge in [0.1, 0.15) is 24.2 Å². The number of aliphatic hydroxyl groups is 2. The molecule has 0 amide bonds. The lowest BCUT2D eigenvalue weighted by Gasteiger charge is -2.17. The molecule has 6 nitrogen and oxygen atoms in total. The molecule has 1 unspecified atom stereocenters. The second-order valence-corrected chi connectivity index (χ2v) is 8.85. The van der Waals surface area contributed by atoms with E-state index in [4.69, 9.17) is 9.47 Å². The molecule has 1 aromatic carbocycles. The highest BCUT2D eigenvalue weighted by atomic mass is 19.4. The van der Waals surface area contributed by atoms with E-state index in [2.05, 4.69) is 0 Å². The standard InChI is InChI=1S/C26H33F3O6/c1-17(2)35-25(33)11-6-4-3-5-10-21-22(24(32)15-23(21)31)13-12-19(30)16-34-20-9-7-8-18(14-20)26(27,28)29/h3,5,7-9,12-14,17,19,21-23,30-31H,4,6,10-11,15-16H2,1-2H3/t19?,21-,22-,23+/m1/s1. The first-order valence-corrected chi connectivity index (χ1v) is 11.7. The van der Waals surface area contributed by atoms with E-state index in [1.54, 1.807) is 13.8 Å². The van der Waals surface area contributed by atoms with Crippen LogP contribution in [0.1, 0.15) is 51.5 Å². The normalized spacial score (nSPS) is 21.8. The SMILES string of the molecule is CC(C)OC(=O)CCCC=CC[C@H]1[C@@H](O)CC(=O)[C@@H]1C=CC(O)COc1cccc(C(F)(F)F)c1. The van der Waals surface area contributed by atoms with Crippen molar-refractivity contribution in [2.75, 3.05) is 6.61 Å². The molecule has 35 heavy (non-hydrogen) atoms. The van der Waals surface area contributed by atoms with Crippen molar-refractivity contribution in [3.8, 4) is 5.75 Å². The third kappa shape index (κ3) is 9.85. The minimum atomic E-state index is -4.50. The molecule has 9 heteroatoms. The number of ketones is 1. The van der Waals surface area contributed by atoms with E-state index >= 15 is 0 Å². The number of carbonyl (C=O) groups is 2. The number of esters is 1. The Balaban J connectivity index is 1.83. The van der Waals surface area contributed by atoms with Gasteiger partial charge in [0.2, 0.25) is 0 Å². The number of benzene rings is 1. The molecule has 0 aliphatic heterocycles. The Labute approximate surface area is 203 Å². The van der Waals surface area contributed by atoms with Crippen LogP contribution in [0.3, 0.4) is 0 Å². The maximum atomic E-state index is 12.8. The van der Waals surface area contributed by atoms with Gasteiger partial charge < -0.3 is 19.7 Å². The van der Waals surface area contributed by atoms with Crippen LogP contribution in [-0.4, -0.2) is 46.9 Å². The summed E-state index contributed by atoms with van der Waals surface area (Å²) in [4.78, 5) is 23.8. The lowest BCUT2D eigenvalue weighted by molar-refractivity contribution is -0.147. The van der Waals surface area contributed by atoms with Crippen molar-refractivity contribution in [3.05, 3.63) is 54.1 Å². The van der Waals surface area contributed by atoms with Crippen LogP contribution in [-0.2, 0) is 20.5 Å². The van der Waals surface area contributed by atoms with Crippen LogP contribution in [0.5, 0.6) is 5.75 Å². The Morgan fingerprint density at radius 2 is 2.00 bits per heavy atom. The maximum absolute atomic E-state index is 12.8. The van der Waals surface area contributed by atoms with Gasteiger partial charge in [-0.2, -0.15) is 13.2 Å². The van der Waals surface area contributed by atoms with E-state index in [0.717, 1.165) is 12.1 Å². The summed E-state index contributed by atoms with van der Waals surface area (Å²) in [6.45, 7) is 3.30. The summed E-state index contributed by atoms with van der Waals surface area (Å²) in [5, 5.41) is 20.4. The molecule has 1 aliphatic rings. The number of alkyl halides is 3. The first-order valence-electron chi connectivity index (χ1n) is 11.7. The molecule has 4 atom stereocenters. The number of rotatable bonds is 12. The van der Waals surface area contributed by atoms with Gasteiger partial charge in [-0.3, -0.25) is 9.59 Å². The fourth-order valence-electron chi connectivity index (χ4n) is 3.83. The summed E-state index contributed by atoms with van der Waals surface area (Å²) in [5.41, 5.74) is -0.850. The van der Waals surface area contributed by atoms with Gasteiger partial charge in [0.25, 0.3) is 0 Å². The summed E-state index contributed by atoms with van der Waals surface area (Å²) in [5.74, 6) is -1.35. The van der Waals surface area contributed by atoms with Gasteiger partial charge in [0.15, 0.2) is 0 Å². The second kappa shape index (κ2) is 13.4. The highest BCUT2D eigenvalue weighted by Crippen LogP contribution is 2.34. The van der Waals surface area contributed by atoms with Crippen LogP contribution in [0.2, 0.25) is 0 Å². The first-order chi connectivity index (χ1) is 16.5. The molecule has 0 heterocycles. The largest absolute Gasteiger partial charge is 0.491 e. The zero-order chi connectivity index (χ0) is 26.0. The number of hydrogen-bond donors (Lipinski definition) is 2. The van der Waals surface area contributed by atoms with E-state index in [0.29, 0.717) is 25.7 Å². The Morgan fingerprint density at radius 1 is 1.26 bits per heavy atom. The van der Waals surface area contributed by atoms with Gasteiger partial charge in [-0.25, -0.2) is 0 Å². The Bertz CT molecular complexity index is 893. The van der Waals surface area contributed by atoms with E-state index in [1.165, 1.54) is 24.3 Å². The highest BCUT2D eigenvalue weighted by Gasteiger charge is 2.39. The van der Waals surface area contributed by atoms with Gasteiger partial charge in [0.05, 0.1) is 17.8 Å². The van der Waals surface area contributed by atoms with Crippen molar-refractivity contribution < 1.29 is 42.4 Å². The highest BCUT2D eigenvalue weighted by molar-refractivity contribution is 5.86. The van der Waals surface area contributed by atoms with Crippen molar-refractivity contribution in [2.24, 2.45) is 11.8 Å². The summed E-state index contributed by atoms with van der Waals surface area (Å²) in [7, 11) is 0. The number of Topliss-reactive ketones (excluding diaryl/α,β-unsaturated/α-hetero) is 1. The Kier molecular flexibility index (Phi) is 11.0. The number of unbranched alkanes of at least 4 members (excludes halogenated alkanes) is 1. The maximum Gasteiger partial charge on any atom is 0.416 e. The predicted octanol–water partition coefficient (Wildman–Crippen LogP) is 4.64. The van der Waals surface area contributed by atoms with E-state index in [9.17, 15) is 33.0 Å². The molecule has 2 rings (SSSR count). The molecule has 1 saturated carbocycles. The van der Waals surface area contributed by atoms with E-state index in [1.807, 2.05) is 12.2 Å². The summed E-state index contributed by atoms with van der Waals surface area (Å²) in [6, 6.07) is 4.35. The van der Waals surface area contributed by atoms with E-state index < -0.39 is 29.9 Å². The van der Waals surface area contributed by atoms with Gasteiger partial charge >= 0.3 is 12.1 Å². The second-order valence-electron chi connectivity index (χ2n) is 8.85. The van der Waals surface area contributed by atoms with Crippen LogP contribution in [0.4, 0.5) is 13.2 Å². The number of aliphatic hydroxyl groups excluding tert-OH is 2. The van der Waals surface area contributed by atoms with Crippen LogP contribution >= 0.6 is 0 Å².